The minimum Gasteiger partial charge on any atom is -0.497 e. The van der Waals surface area contributed by atoms with Crippen molar-refractivity contribution in [1.82, 2.24) is 0 Å². The number of carbonyl (C=O) groups is 1. The molecule has 0 saturated carbocycles. The molecule has 1 heterocycles. The fourth-order valence-corrected chi connectivity index (χ4v) is 5.39. The molecule has 6 nitrogen and oxygen atoms in total. The summed E-state index contributed by atoms with van der Waals surface area (Å²) in [4.78, 5) is 12.9. The summed E-state index contributed by atoms with van der Waals surface area (Å²) in [5.41, 5.74) is 2.94. The number of hydrogen-bond acceptors (Lipinski definition) is 4. The molecule has 1 amide bonds. The summed E-state index contributed by atoms with van der Waals surface area (Å²) in [6.07, 6.45) is 0.227. The van der Waals surface area contributed by atoms with Crippen molar-refractivity contribution in [3.05, 3.63) is 53.6 Å². The predicted octanol–water partition coefficient (Wildman–Crippen LogP) is 3.25. The lowest BCUT2D eigenvalue weighted by Gasteiger charge is -2.27. The molecule has 0 spiro atoms. The zero-order valence-electron chi connectivity index (χ0n) is 15.9. The fourth-order valence-electron chi connectivity index (χ4n) is 3.41. The van der Waals surface area contributed by atoms with Crippen LogP contribution in [0.2, 0.25) is 0 Å². The van der Waals surface area contributed by atoms with Crippen LogP contribution in [0.3, 0.4) is 0 Å². The van der Waals surface area contributed by atoms with Gasteiger partial charge in [-0.25, -0.2) is 8.42 Å². The quantitative estimate of drug-likeness (QED) is 0.872. The highest BCUT2D eigenvalue weighted by Gasteiger charge is 2.55. The molecular weight excluding hydrogens is 364 g/mol. The molecule has 1 N–H and O–H groups in total. The van der Waals surface area contributed by atoms with E-state index in [1.807, 2.05) is 32.0 Å². The van der Waals surface area contributed by atoms with Gasteiger partial charge in [0.15, 0.2) is 4.75 Å². The average molecular weight is 388 g/mol. The van der Waals surface area contributed by atoms with E-state index >= 15 is 0 Å². The number of carbonyl (C=O) groups excluding carboxylic acids is 1. The number of nitrogens with one attached hydrogen (secondary N) is 1. The summed E-state index contributed by atoms with van der Waals surface area (Å²) in [6, 6.07) is 12.5. The Kier molecular flexibility index (Phi) is 4.90. The van der Waals surface area contributed by atoms with Crippen LogP contribution in [-0.2, 0) is 14.8 Å². The number of rotatable bonds is 4. The minimum absolute atomic E-state index is 0.227. The van der Waals surface area contributed by atoms with Gasteiger partial charge in [-0.1, -0.05) is 18.2 Å². The smallest absolute Gasteiger partial charge is 0.249 e. The maximum Gasteiger partial charge on any atom is 0.249 e. The minimum atomic E-state index is -3.86. The number of benzene rings is 2. The largest absolute Gasteiger partial charge is 0.497 e. The van der Waals surface area contributed by atoms with Crippen LogP contribution in [0.1, 0.15) is 24.5 Å². The maximum absolute atomic E-state index is 13.3. The molecule has 0 bridgehead atoms. The summed E-state index contributed by atoms with van der Waals surface area (Å²) >= 11 is 0. The highest BCUT2D eigenvalue weighted by molar-refractivity contribution is 7.95. The van der Waals surface area contributed by atoms with Gasteiger partial charge in [-0.05, 0) is 62.6 Å². The predicted molar refractivity (Wildman–Crippen MR) is 107 cm³/mol. The molecule has 1 atom stereocenters. The second-order valence-corrected chi connectivity index (χ2v) is 9.27. The van der Waals surface area contributed by atoms with E-state index in [1.54, 1.807) is 31.4 Å². The molecular formula is C20H24N2O4S. The zero-order chi connectivity index (χ0) is 19.8. The van der Waals surface area contributed by atoms with Crippen molar-refractivity contribution in [1.29, 1.82) is 0 Å². The Labute approximate surface area is 160 Å². The van der Waals surface area contributed by atoms with Crippen molar-refractivity contribution in [2.45, 2.75) is 31.9 Å². The van der Waals surface area contributed by atoms with Crippen LogP contribution in [0, 0.1) is 13.8 Å². The molecule has 2 aromatic rings. The number of aryl methyl sites for hydroxylation is 2. The van der Waals surface area contributed by atoms with E-state index < -0.39 is 20.7 Å². The van der Waals surface area contributed by atoms with Crippen LogP contribution in [0.5, 0.6) is 5.75 Å². The molecule has 144 valence electrons. The molecule has 1 fully saturated rings. The molecule has 1 aliphatic rings. The Morgan fingerprint density at radius 3 is 2.26 bits per heavy atom. The lowest BCUT2D eigenvalue weighted by Crippen LogP contribution is -2.47. The normalized spacial score (nSPS) is 21.1. The molecule has 1 saturated heterocycles. The van der Waals surface area contributed by atoms with Gasteiger partial charge in [0.1, 0.15) is 5.75 Å². The summed E-state index contributed by atoms with van der Waals surface area (Å²) < 4.78 is 31.5. The number of anilines is 2. The van der Waals surface area contributed by atoms with Crippen LogP contribution >= 0.6 is 0 Å². The molecule has 2 aromatic carbocycles. The Hall–Kier alpha value is -2.54. The summed E-state index contributed by atoms with van der Waals surface area (Å²) in [7, 11) is -2.30. The number of para-hydroxylation sites is 1. The van der Waals surface area contributed by atoms with E-state index in [0.29, 0.717) is 17.1 Å². The highest BCUT2D eigenvalue weighted by atomic mass is 32.2. The van der Waals surface area contributed by atoms with Crippen LogP contribution in [0.4, 0.5) is 11.4 Å². The van der Waals surface area contributed by atoms with Crippen LogP contribution in [0.25, 0.3) is 0 Å². The first kappa shape index (κ1) is 19.2. The standard InChI is InChI=1S/C20H24N2O4S/c1-14-6-5-7-15(2)18(14)22-13-12-20(3,27(22,24)25)19(23)21-16-8-10-17(26-4)11-9-16/h5-11H,12-13H2,1-4H3,(H,21,23)/t20-/m0/s1. The lowest BCUT2D eigenvalue weighted by atomic mass is 10.1. The summed E-state index contributed by atoms with van der Waals surface area (Å²) in [5, 5.41) is 2.73. The Morgan fingerprint density at radius 2 is 1.70 bits per heavy atom. The van der Waals surface area contributed by atoms with Gasteiger partial charge in [-0.15, -0.1) is 0 Å². The van der Waals surface area contributed by atoms with Crippen LogP contribution in [-0.4, -0.2) is 32.7 Å². The van der Waals surface area contributed by atoms with Gasteiger partial charge >= 0.3 is 0 Å². The summed E-state index contributed by atoms with van der Waals surface area (Å²) in [6.45, 7) is 5.53. The first-order valence-corrected chi connectivity index (χ1v) is 10.2. The molecule has 7 heteroatoms. The van der Waals surface area contributed by atoms with Gasteiger partial charge in [0, 0.05) is 12.2 Å². The van der Waals surface area contributed by atoms with E-state index in [1.165, 1.54) is 11.2 Å². The van der Waals surface area contributed by atoms with Crippen molar-refractivity contribution in [3.63, 3.8) is 0 Å². The van der Waals surface area contributed by atoms with Crippen molar-refractivity contribution in [2.75, 3.05) is 23.3 Å². The molecule has 0 unspecified atom stereocenters. The van der Waals surface area contributed by atoms with Crippen molar-refractivity contribution >= 4 is 27.3 Å². The van der Waals surface area contributed by atoms with Gasteiger partial charge in [0.25, 0.3) is 0 Å². The number of amides is 1. The first-order valence-electron chi connectivity index (χ1n) is 8.75. The van der Waals surface area contributed by atoms with Gasteiger partial charge in [0.2, 0.25) is 15.9 Å². The Morgan fingerprint density at radius 1 is 1.11 bits per heavy atom. The number of nitrogens with zero attached hydrogens (tertiary/aromatic N) is 1. The van der Waals surface area contributed by atoms with Crippen molar-refractivity contribution < 1.29 is 17.9 Å². The van der Waals surface area contributed by atoms with E-state index in [9.17, 15) is 13.2 Å². The average Bonchev–Trinajstić information content (AvgIpc) is 2.87. The SMILES string of the molecule is COc1ccc(NC(=O)[C@]2(C)CCN(c3c(C)cccc3C)S2(=O)=O)cc1. The van der Waals surface area contributed by atoms with Crippen molar-refractivity contribution in [2.24, 2.45) is 0 Å². The first-order chi connectivity index (χ1) is 12.7. The van der Waals surface area contributed by atoms with Gasteiger partial charge in [-0.2, -0.15) is 0 Å². The number of hydrogen-bond donors (Lipinski definition) is 1. The maximum atomic E-state index is 13.3. The lowest BCUT2D eigenvalue weighted by molar-refractivity contribution is -0.118. The third-order valence-corrected chi connectivity index (χ3v) is 7.64. The van der Waals surface area contributed by atoms with Gasteiger partial charge in [0.05, 0.1) is 12.8 Å². The fraction of sp³-hybridized carbons (Fsp3) is 0.350. The monoisotopic (exact) mass is 388 g/mol. The molecule has 0 radical (unpaired) electrons. The highest BCUT2D eigenvalue weighted by Crippen LogP contribution is 2.40. The number of ether oxygens (including phenoxy) is 1. The molecule has 1 aliphatic heterocycles. The second kappa shape index (κ2) is 6.88. The molecule has 3 rings (SSSR count). The van der Waals surface area contributed by atoms with Crippen LogP contribution < -0.4 is 14.4 Å². The second-order valence-electron chi connectivity index (χ2n) is 6.98. The summed E-state index contributed by atoms with van der Waals surface area (Å²) in [5.74, 6) is 0.135. The van der Waals surface area contributed by atoms with Crippen molar-refractivity contribution in [3.8, 4) is 5.75 Å². The van der Waals surface area contributed by atoms with Gasteiger partial charge in [-0.3, -0.25) is 9.10 Å². The number of methoxy groups -OCH3 is 1. The topological polar surface area (TPSA) is 75.7 Å². The number of sulfonamides is 1. The molecule has 27 heavy (non-hydrogen) atoms. The molecule has 0 aliphatic carbocycles. The zero-order valence-corrected chi connectivity index (χ0v) is 16.8. The van der Waals surface area contributed by atoms with E-state index in [-0.39, 0.29) is 13.0 Å². The Balaban J connectivity index is 1.90. The van der Waals surface area contributed by atoms with E-state index in [0.717, 1.165) is 11.1 Å². The third kappa shape index (κ3) is 3.16. The van der Waals surface area contributed by atoms with Crippen LogP contribution in [0.15, 0.2) is 42.5 Å². The Bertz CT molecular complexity index is 950. The van der Waals surface area contributed by atoms with E-state index in [4.69, 9.17) is 4.74 Å². The van der Waals surface area contributed by atoms with Gasteiger partial charge < -0.3 is 10.1 Å². The molecule has 0 aromatic heterocycles. The van der Waals surface area contributed by atoms with E-state index in [2.05, 4.69) is 5.32 Å². The third-order valence-electron chi connectivity index (χ3n) is 5.17.